The van der Waals surface area contributed by atoms with Crippen LogP contribution in [-0.2, 0) is 0 Å². The van der Waals surface area contributed by atoms with Crippen LogP contribution in [0, 0.1) is 0 Å². The predicted octanol–water partition coefficient (Wildman–Crippen LogP) is 4.05. The molecule has 4 nitrogen and oxygen atoms in total. The lowest BCUT2D eigenvalue weighted by Crippen LogP contribution is -1.99. The number of nitrogens with zero attached hydrogens (tertiary/aromatic N) is 2. The number of hydrogen-bond donors (Lipinski definition) is 1. The van der Waals surface area contributed by atoms with Crippen molar-refractivity contribution >= 4 is 44.2 Å². The van der Waals surface area contributed by atoms with E-state index in [-0.39, 0.29) is 0 Å². The van der Waals surface area contributed by atoms with E-state index in [2.05, 4.69) is 31.4 Å². The van der Waals surface area contributed by atoms with E-state index in [0.717, 1.165) is 25.4 Å². The number of halogens is 1. The molecule has 1 saturated carbocycles. The minimum atomic E-state index is 0.626. The maximum Gasteiger partial charge on any atom is 0.206 e. The normalized spacial score (nSPS) is 14.2. The van der Waals surface area contributed by atoms with Crippen LogP contribution in [0.3, 0.4) is 0 Å². The van der Waals surface area contributed by atoms with Crippen molar-refractivity contribution in [2.75, 3.05) is 17.7 Å². The summed E-state index contributed by atoms with van der Waals surface area (Å²) in [5.41, 5.74) is 0. The maximum absolute atomic E-state index is 5.66. The summed E-state index contributed by atoms with van der Waals surface area (Å²) in [6.45, 7) is 0.664. The van der Waals surface area contributed by atoms with Crippen LogP contribution >= 0.6 is 39.0 Å². The zero-order chi connectivity index (χ0) is 13.8. The molecule has 106 valence electrons. The highest BCUT2D eigenvalue weighted by molar-refractivity contribution is 9.10. The molecule has 20 heavy (non-hydrogen) atoms. The first-order valence-electron chi connectivity index (χ1n) is 6.41. The first kappa shape index (κ1) is 14.2. The van der Waals surface area contributed by atoms with Crippen LogP contribution < -0.4 is 10.1 Å². The van der Waals surface area contributed by atoms with Crippen molar-refractivity contribution in [3.63, 3.8) is 0 Å². The van der Waals surface area contributed by atoms with Gasteiger partial charge in [0.25, 0.3) is 0 Å². The fourth-order valence-electron chi connectivity index (χ4n) is 1.55. The standard InChI is InChI=1S/C13H14BrN3OS2/c14-9-1-5-11(6-2-9)18-7-8-19-13-17-16-12(20-13)15-10-3-4-10/h1-2,5-6,10H,3-4,7-8H2,(H,15,16). The molecule has 1 aliphatic carbocycles. The van der Waals surface area contributed by atoms with Crippen molar-refractivity contribution in [2.45, 2.75) is 23.2 Å². The Kier molecular flexibility index (Phi) is 4.80. The number of rotatable bonds is 7. The van der Waals surface area contributed by atoms with Gasteiger partial charge in [-0.05, 0) is 37.1 Å². The van der Waals surface area contributed by atoms with Crippen LogP contribution in [0.2, 0.25) is 0 Å². The van der Waals surface area contributed by atoms with Crippen molar-refractivity contribution in [3.05, 3.63) is 28.7 Å². The van der Waals surface area contributed by atoms with Gasteiger partial charge in [-0.2, -0.15) is 0 Å². The summed E-state index contributed by atoms with van der Waals surface area (Å²) in [5, 5.41) is 12.6. The molecule has 1 fully saturated rings. The Hall–Kier alpha value is -0.790. The van der Waals surface area contributed by atoms with Gasteiger partial charge in [0, 0.05) is 16.3 Å². The minimum Gasteiger partial charge on any atom is -0.493 e. The number of thioether (sulfide) groups is 1. The predicted molar refractivity (Wildman–Crippen MR) is 86.9 cm³/mol. The Labute approximate surface area is 134 Å². The van der Waals surface area contributed by atoms with Gasteiger partial charge in [0.05, 0.1) is 6.61 Å². The van der Waals surface area contributed by atoms with Crippen molar-refractivity contribution in [1.82, 2.24) is 10.2 Å². The van der Waals surface area contributed by atoms with E-state index in [4.69, 9.17) is 4.74 Å². The summed E-state index contributed by atoms with van der Waals surface area (Å²) in [7, 11) is 0. The van der Waals surface area contributed by atoms with E-state index in [1.54, 1.807) is 23.1 Å². The number of ether oxygens (including phenoxy) is 1. The van der Waals surface area contributed by atoms with Crippen molar-refractivity contribution in [1.29, 1.82) is 0 Å². The summed E-state index contributed by atoms with van der Waals surface area (Å²) < 4.78 is 7.72. The Morgan fingerprint density at radius 3 is 2.85 bits per heavy atom. The van der Waals surface area contributed by atoms with Gasteiger partial charge >= 0.3 is 0 Å². The summed E-state index contributed by atoms with van der Waals surface area (Å²) in [4.78, 5) is 0. The molecule has 1 aromatic carbocycles. The Balaban J connectivity index is 1.38. The number of hydrogen-bond acceptors (Lipinski definition) is 6. The van der Waals surface area contributed by atoms with Gasteiger partial charge in [-0.15, -0.1) is 10.2 Å². The average molecular weight is 372 g/mol. The van der Waals surface area contributed by atoms with E-state index >= 15 is 0 Å². The molecule has 1 N–H and O–H groups in total. The zero-order valence-electron chi connectivity index (χ0n) is 10.7. The first-order chi connectivity index (χ1) is 9.79. The molecule has 1 heterocycles. The second-order valence-corrected chi connectivity index (χ2v) is 7.68. The van der Waals surface area contributed by atoms with Gasteiger partial charge < -0.3 is 10.1 Å². The third-order valence-electron chi connectivity index (χ3n) is 2.70. The number of aromatic nitrogens is 2. The quantitative estimate of drug-likeness (QED) is 0.587. The molecule has 2 aromatic rings. The van der Waals surface area contributed by atoms with E-state index in [1.165, 1.54) is 12.8 Å². The Bertz CT molecular complexity index is 557. The monoisotopic (exact) mass is 371 g/mol. The molecule has 0 unspecified atom stereocenters. The fourth-order valence-corrected chi connectivity index (χ4v) is 3.53. The maximum atomic E-state index is 5.66. The lowest BCUT2D eigenvalue weighted by atomic mass is 10.3. The number of anilines is 1. The number of benzene rings is 1. The smallest absolute Gasteiger partial charge is 0.206 e. The third-order valence-corrected chi connectivity index (χ3v) is 5.18. The molecule has 1 aromatic heterocycles. The van der Waals surface area contributed by atoms with Crippen molar-refractivity contribution < 1.29 is 4.74 Å². The Morgan fingerprint density at radius 2 is 2.10 bits per heavy atom. The third kappa shape index (κ3) is 4.36. The van der Waals surface area contributed by atoms with E-state index in [1.807, 2.05) is 24.3 Å². The van der Waals surface area contributed by atoms with Gasteiger partial charge in [0.2, 0.25) is 5.13 Å². The van der Waals surface area contributed by atoms with Gasteiger partial charge in [-0.25, -0.2) is 0 Å². The SMILES string of the molecule is Brc1ccc(OCCSc2nnc(NC3CC3)s2)cc1. The van der Waals surface area contributed by atoms with Crippen molar-refractivity contribution in [3.8, 4) is 5.75 Å². The molecular formula is C13H14BrN3OS2. The minimum absolute atomic E-state index is 0.626. The van der Waals surface area contributed by atoms with Crippen LogP contribution in [0.25, 0.3) is 0 Å². The summed E-state index contributed by atoms with van der Waals surface area (Å²) in [6, 6.07) is 8.49. The molecular weight excluding hydrogens is 358 g/mol. The first-order valence-corrected chi connectivity index (χ1v) is 9.00. The molecule has 1 aliphatic rings. The van der Waals surface area contributed by atoms with E-state index in [9.17, 15) is 0 Å². The lowest BCUT2D eigenvalue weighted by molar-refractivity contribution is 0.344. The van der Waals surface area contributed by atoms with Crippen LogP contribution in [-0.4, -0.2) is 28.6 Å². The van der Waals surface area contributed by atoms with Crippen LogP contribution in [0.4, 0.5) is 5.13 Å². The lowest BCUT2D eigenvalue weighted by Gasteiger charge is -2.04. The molecule has 3 rings (SSSR count). The topological polar surface area (TPSA) is 47.0 Å². The molecule has 7 heteroatoms. The van der Waals surface area contributed by atoms with Gasteiger partial charge in [-0.3, -0.25) is 0 Å². The van der Waals surface area contributed by atoms with Crippen molar-refractivity contribution in [2.24, 2.45) is 0 Å². The molecule has 0 radical (unpaired) electrons. The molecule has 0 atom stereocenters. The molecule has 0 bridgehead atoms. The van der Waals surface area contributed by atoms with Crippen LogP contribution in [0.5, 0.6) is 5.75 Å². The van der Waals surface area contributed by atoms with E-state index in [0.29, 0.717) is 12.6 Å². The average Bonchev–Trinajstić information content (AvgIpc) is 3.15. The van der Waals surface area contributed by atoms with Gasteiger partial charge in [0.15, 0.2) is 4.34 Å². The second kappa shape index (κ2) is 6.78. The van der Waals surface area contributed by atoms with Crippen LogP contribution in [0.1, 0.15) is 12.8 Å². The second-order valence-electron chi connectivity index (χ2n) is 4.44. The Morgan fingerprint density at radius 1 is 1.30 bits per heavy atom. The molecule has 0 spiro atoms. The highest BCUT2D eigenvalue weighted by atomic mass is 79.9. The van der Waals surface area contributed by atoms with E-state index < -0.39 is 0 Å². The highest BCUT2D eigenvalue weighted by Gasteiger charge is 2.22. The summed E-state index contributed by atoms with van der Waals surface area (Å²) in [5.74, 6) is 1.76. The summed E-state index contributed by atoms with van der Waals surface area (Å²) >= 11 is 6.70. The number of nitrogens with one attached hydrogen (secondary N) is 1. The largest absolute Gasteiger partial charge is 0.493 e. The van der Waals surface area contributed by atoms with Gasteiger partial charge in [0.1, 0.15) is 5.75 Å². The van der Waals surface area contributed by atoms with Crippen LogP contribution in [0.15, 0.2) is 33.1 Å². The zero-order valence-corrected chi connectivity index (χ0v) is 13.9. The van der Waals surface area contributed by atoms with Gasteiger partial charge in [-0.1, -0.05) is 39.0 Å². The molecule has 0 aliphatic heterocycles. The molecule has 0 saturated heterocycles. The fraction of sp³-hybridized carbons (Fsp3) is 0.385. The molecule has 0 amide bonds. The highest BCUT2D eigenvalue weighted by Crippen LogP contribution is 2.30. The summed E-state index contributed by atoms with van der Waals surface area (Å²) in [6.07, 6.45) is 2.51.